The van der Waals surface area contributed by atoms with Crippen LogP contribution in [0.5, 0.6) is 0 Å². The molecule has 0 unspecified atom stereocenters. The average molecular weight is 691 g/mol. The van der Waals surface area contributed by atoms with E-state index in [-0.39, 0.29) is 19.8 Å². The van der Waals surface area contributed by atoms with Crippen LogP contribution in [0.25, 0.3) is 10.6 Å². The van der Waals surface area contributed by atoms with Gasteiger partial charge in [0.15, 0.2) is 0 Å². The molecule has 238 valence electrons. The number of halogens is 2. The zero-order valence-corrected chi connectivity index (χ0v) is 29.3. The Labute approximate surface area is 270 Å². The highest BCUT2D eigenvalue weighted by Crippen LogP contribution is 2.30. The van der Waals surface area contributed by atoms with E-state index in [9.17, 15) is 16.8 Å². The van der Waals surface area contributed by atoms with Gasteiger partial charge in [0.05, 0.1) is 16.1 Å². The molecule has 1 fully saturated rings. The Hall–Kier alpha value is -1.80. The Morgan fingerprint density at radius 2 is 1.37 bits per heavy atom. The van der Waals surface area contributed by atoms with Crippen LogP contribution in [0.4, 0.5) is 0 Å². The fourth-order valence-electron chi connectivity index (χ4n) is 4.84. The van der Waals surface area contributed by atoms with Gasteiger partial charge in [-0.3, -0.25) is 4.99 Å². The minimum absolute atomic E-state index is 0.124. The van der Waals surface area contributed by atoms with Crippen molar-refractivity contribution in [1.29, 1.82) is 0 Å². The van der Waals surface area contributed by atoms with Crippen molar-refractivity contribution in [3.8, 4) is 10.6 Å². The molecule has 0 aliphatic heterocycles. The van der Waals surface area contributed by atoms with Gasteiger partial charge in [0.2, 0.25) is 24.8 Å². The third-order valence-electron chi connectivity index (χ3n) is 7.23. The number of aromatic nitrogens is 2. The molecule has 1 aliphatic rings. The minimum atomic E-state index is -3.64. The smallest absolute Gasteiger partial charge is 0.244 e. The summed E-state index contributed by atoms with van der Waals surface area (Å²) < 4.78 is 54.6. The molecule has 1 heterocycles. The number of hydrogen-bond acceptors (Lipinski definition) is 7. The maximum atomic E-state index is 12.9. The first-order valence-electron chi connectivity index (χ1n) is 14.5. The second-order valence-corrected chi connectivity index (χ2v) is 15.6. The summed E-state index contributed by atoms with van der Waals surface area (Å²) in [6.45, 7) is 8.94. The van der Waals surface area contributed by atoms with Crippen molar-refractivity contribution in [2.45, 2.75) is 75.6 Å². The first kappa shape index (κ1) is 35.7. The van der Waals surface area contributed by atoms with Crippen molar-refractivity contribution < 1.29 is 16.8 Å². The molecular weight excluding hydrogens is 649 g/mol. The molecule has 0 spiro atoms. The second-order valence-electron chi connectivity index (χ2n) is 9.99. The van der Waals surface area contributed by atoms with E-state index in [1.165, 1.54) is 45.3 Å². The molecule has 2 aromatic carbocycles. The van der Waals surface area contributed by atoms with Crippen LogP contribution >= 0.6 is 34.5 Å². The van der Waals surface area contributed by atoms with Gasteiger partial charge in [-0.15, -0.1) is 0 Å². The lowest BCUT2D eigenvalue weighted by Gasteiger charge is -2.19. The molecule has 4 rings (SSSR count). The molecule has 0 N–H and O–H groups in total. The summed E-state index contributed by atoms with van der Waals surface area (Å²) >= 11 is 13.6. The first-order valence-corrected chi connectivity index (χ1v) is 19.0. The lowest BCUT2D eigenvalue weighted by Crippen LogP contribution is -2.30. The molecule has 9 nitrogen and oxygen atoms in total. The van der Waals surface area contributed by atoms with Crippen LogP contribution in [0, 0.1) is 0 Å². The minimum Gasteiger partial charge on any atom is -0.254 e. The van der Waals surface area contributed by atoms with E-state index >= 15 is 0 Å². The quantitative estimate of drug-likeness (QED) is 0.244. The highest BCUT2D eigenvalue weighted by molar-refractivity contribution is 7.89. The largest absolute Gasteiger partial charge is 0.254 e. The van der Waals surface area contributed by atoms with E-state index in [4.69, 9.17) is 28.2 Å². The van der Waals surface area contributed by atoms with Crippen molar-refractivity contribution in [3.05, 3.63) is 57.3 Å². The molecular formula is C29H41Cl2N5O4S3. The SMILES string of the molecule is CCN(CC)S(=O)(=O)c1cc(-c2nn(C)/c(=N\C3CCCCC3)s2)ccc1Cl.CCN(CC)S(=O)(=O)c1ccccc1Cl. The van der Waals surface area contributed by atoms with Gasteiger partial charge in [0.1, 0.15) is 14.8 Å². The Morgan fingerprint density at radius 3 is 1.93 bits per heavy atom. The summed E-state index contributed by atoms with van der Waals surface area (Å²) in [6.07, 6.45) is 6.00. The van der Waals surface area contributed by atoms with E-state index in [0.29, 0.717) is 32.2 Å². The third-order valence-corrected chi connectivity index (χ3v) is 13.4. The van der Waals surface area contributed by atoms with Crippen LogP contribution in [0.3, 0.4) is 0 Å². The second kappa shape index (κ2) is 16.0. The van der Waals surface area contributed by atoms with E-state index in [0.717, 1.165) is 28.2 Å². The van der Waals surface area contributed by atoms with Crippen molar-refractivity contribution in [1.82, 2.24) is 18.4 Å². The molecule has 0 saturated heterocycles. The number of nitrogens with zero attached hydrogens (tertiary/aromatic N) is 5. The number of rotatable bonds is 10. The average Bonchev–Trinajstić information content (AvgIpc) is 3.34. The van der Waals surface area contributed by atoms with Crippen LogP contribution in [-0.4, -0.2) is 67.4 Å². The predicted molar refractivity (Wildman–Crippen MR) is 176 cm³/mol. The van der Waals surface area contributed by atoms with Gasteiger partial charge in [-0.2, -0.15) is 13.7 Å². The lowest BCUT2D eigenvalue weighted by molar-refractivity contribution is 0.434. The van der Waals surface area contributed by atoms with Crippen LogP contribution in [-0.2, 0) is 27.1 Å². The van der Waals surface area contributed by atoms with Crippen molar-refractivity contribution >= 4 is 54.6 Å². The van der Waals surface area contributed by atoms with Gasteiger partial charge in [0, 0.05) is 38.8 Å². The predicted octanol–water partition coefficient (Wildman–Crippen LogP) is 6.44. The number of sulfonamides is 2. The Morgan fingerprint density at radius 1 is 0.837 bits per heavy atom. The maximum Gasteiger partial charge on any atom is 0.244 e. The van der Waals surface area contributed by atoms with E-state index in [2.05, 4.69) is 5.10 Å². The number of benzene rings is 2. The number of hydrogen-bond donors (Lipinski definition) is 0. The van der Waals surface area contributed by atoms with Gasteiger partial charge in [-0.1, -0.05) is 99.7 Å². The van der Waals surface area contributed by atoms with E-state index in [1.54, 1.807) is 48.9 Å². The molecule has 0 atom stereocenters. The molecule has 0 bridgehead atoms. The fraction of sp³-hybridized carbons (Fsp3) is 0.517. The normalized spacial score (nSPS) is 15.1. The highest BCUT2D eigenvalue weighted by Gasteiger charge is 2.26. The monoisotopic (exact) mass is 689 g/mol. The fourth-order valence-corrected chi connectivity index (χ4v) is 9.70. The highest BCUT2D eigenvalue weighted by atomic mass is 35.5. The van der Waals surface area contributed by atoms with Gasteiger partial charge >= 0.3 is 0 Å². The molecule has 0 amide bonds. The summed E-state index contributed by atoms with van der Waals surface area (Å²) in [7, 11) is -5.19. The molecule has 3 aromatic rings. The molecule has 1 saturated carbocycles. The topological polar surface area (TPSA) is 105 Å². The zero-order chi connectivity index (χ0) is 31.8. The van der Waals surface area contributed by atoms with E-state index in [1.807, 2.05) is 27.0 Å². The van der Waals surface area contributed by atoms with Crippen LogP contribution in [0.2, 0.25) is 10.0 Å². The standard InChI is InChI=1S/C19H27ClN4O2S2.C10H14ClNO2S/c1-4-24(5-2)28(25,26)17-13-14(11-12-16(17)20)18-22-23(3)19(27-18)21-15-9-7-6-8-10-15;1-3-12(4-2)15(13,14)10-8-6-5-7-9(10)11/h11-13,15H,4-10H2,1-3H3;5-8H,3-4H2,1-2H3/b21-19+;. The van der Waals surface area contributed by atoms with Crippen molar-refractivity contribution in [2.24, 2.45) is 12.0 Å². The molecule has 43 heavy (non-hydrogen) atoms. The van der Waals surface area contributed by atoms with Crippen molar-refractivity contribution in [3.63, 3.8) is 0 Å². The van der Waals surface area contributed by atoms with Gasteiger partial charge in [-0.05, 0) is 37.1 Å². The molecule has 1 aromatic heterocycles. The van der Waals surface area contributed by atoms with Gasteiger partial charge < -0.3 is 0 Å². The maximum absolute atomic E-state index is 12.9. The molecule has 14 heteroatoms. The van der Waals surface area contributed by atoms with Crippen molar-refractivity contribution in [2.75, 3.05) is 26.2 Å². The number of aryl methyl sites for hydroxylation is 1. The lowest BCUT2D eigenvalue weighted by atomic mass is 9.96. The van der Waals surface area contributed by atoms with Gasteiger partial charge in [-0.25, -0.2) is 21.5 Å². The summed E-state index contributed by atoms with van der Waals surface area (Å²) in [5.41, 5.74) is 0.737. The Bertz CT molecular complexity index is 1640. The molecule has 1 aliphatic carbocycles. The summed E-state index contributed by atoms with van der Waals surface area (Å²) in [6, 6.07) is 11.9. The zero-order valence-electron chi connectivity index (χ0n) is 25.3. The summed E-state index contributed by atoms with van der Waals surface area (Å²) in [5, 5.41) is 5.81. The van der Waals surface area contributed by atoms with Crippen LogP contribution in [0.1, 0.15) is 59.8 Å². The third kappa shape index (κ3) is 8.68. The van der Waals surface area contributed by atoms with Gasteiger partial charge in [0.25, 0.3) is 0 Å². The first-order chi connectivity index (χ1) is 20.4. The summed E-state index contributed by atoms with van der Waals surface area (Å²) in [4.78, 5) is 6.04. The summed E-state index contributed by atoms with van der Waals surface area (Å²) in [5.74, 6) is 0. The Balaban J connectivity index is 0.000000285. The molecule has 0 radical (unpaired) electrons. The Kier molecular flexibility index (Phi) is 13.2. The van der Waals surface area contributed by atoms with Crippen LogP contribution < -0.4 is 4.80 Å². The van der Waals surface area contributed by atoms with E-state index < -0.39 is 20.0 Å². The van der Waals surface area contributed by atoms with Crippen LogP contribution in [0.15, 0.2) is 57.2 Å².